The van der Waals surface area contributed by atoms with Gasteiger partial charge in [-0.3, -0.25) is 19.8 Å². The van der Waals surface area contributed by atoms with Crippen LogP contribution in [-0.4, -0.2) is 127 Å². The van der Waals surface area contributed by atoms with E-state index < -0.39 is 39.5 Å². The zero-order chi connectivity index (χ0) is 51.5. The van der Waals surface area contributed by atoms with E-state index in [1.807, 2.05) is 52.1 Å². The van der Waals surface area contributed by atoms with Crippen LogP contribution in [-0.2, 0) is 42.3 Å². The number of allylic oxidation sites excluding steroid dienone is 1. The van der Waals surface area contributed by atoms with Gasteiger partial charge in [0, 0.05) is 88.9 Å². The van der Waals surface area contributed by atoms with E-state index in [1.165, 1.54) is 28.8 Å². The van der Waals surface area contributed by atoms with E-state index >= 15 is 0 Å². The van der Waals surface area contributed by atoms with Gasteiger partial charge in [-0.05, 0) is 96.5 Å². The molecule has 3 aliphatic heterocycles. The minimum Gasteiger partial charge on any atom is -0.377 e. The Morgan fingerprint density at radius 3 is 2.49 bits per heavy atom. The number of carbonyl (C=O) groups is 1. The highest BCUT2D eigenvalue weighted by Crippen LogP contribution is 2.44. The summed E-state index contributed by atoms with van der Waals surface area (Å²) in [4.78, 5) is 37.7. The van der Waals surface area contributed by atoms with Crippen LogP contribution < -0.4 is 19.8 Å². The minimum atomic E-state index is -4.62. The van der Waals surface area contributed by atoms with E-state index in [0.717, 1.165) is 91.5 Å². The van der Waals surface area contributed by atoms with Crippen LogP contribution in [0.5, 0.6) is 0 Å². The lowest BCUT2D eigenvalue weighted by atomic mass is 9.72. The van der Waals surface area contributed by atoms with Crippen LogP contribution >= 0.6 is 11.6 Å². The molecule has 390 valence electrons. The molecule has 9 rings (SSSR count). The number of sulfonamides is 1. The molecule has 1 aliphatic carbocycles. The van der Waals surface area contributed by atoms with Crippen molar-refractivity contribution in [2.75, 3.05) is 94.0 Å². The van der Waals surface area contributed by atoms with Crippen molar-refractivity contribution < 1.29 is 37.1 Å². The van der Waals surface area contributed by atoms with Crippen molar-refractivity contribution in [3.63, 3.8) is 0 Å². The lowest BCUT2D eigenvalue weighted by molar-refractivity contribution is -0.384. The lowest BCUT2D eigenvalue weighted by Gasteiger charge is -2.39. The Bertz CT molecular complexity index is 2970. The Morgan fingerprint density at radius 1 is 0.959 bits per heavy atom. The molecule has 0 unspecified atom stereocenters. The predicted molar refractivity (Wildman–Crippen MR) is 288 cm³/mol. The first-order chi connectivity index (χ1) is 34.9. The number of nitrogens with zero attached hydrogens (tertiary/aromatic N) is 6. The van der Waals surface area contributed by atoms with Crippen molar-refractivity contribution in [3.05, 3.63) is 117 Å². The molecule has 0 bridgehead atoms. The fraction of sp³-hybridized carbons (Fsp3) is 0.472. The second-order valence-corrected chi connectivity index (χ2v) is 29.2. The SMILES string of the molecule is CC1(C)CCC(CN2CCN(c3ccc(C(=O)NS(=O)(=O)c4ccc(NC[C@H]5COCCO5)c([N+](=O)[O-])c4)c(N4CCOCc5nc6c(ccn6COCC[Si](C)(C)C)cc54)c3)CC2)=C(c2ccc(Cl)cc2)C1. The van der Waals surface area contributed by atoms with Crippen LogP contribution in [0.2, 0.25) is 30.7 Å². The molecule has 0 saturated carbocycles. The molecule has 1 atom stereocenters. The molecule has 20 heteroatoms. The first kappa shape index (κ1) is 52.5. The zero-order valence-corrected chi connectivity index (χ0v) is 45.0. The topological polar surface area (TPSA) is 183 Å². The molecule has 17 nitrogen and oxygen atoms in total. The van der Waals surface area contributed by atoms with Crippen molar-refractivity contribution in [3.8, 4) is 0 Å². The number of aromatic nitrogens is 2. The Balaban J connectivity index is 1.00. The molecule has 0 spiro atoms. The van der Waals surface area contributed by atoms with Crippen molar-refractivity contribution >= 4 is 80.6 Å². The summed E-state index contributed by atoms with van der Waals surface area (Å²) in [6, 6.07) is 22.3. The van der Waals surface area contributed by atoms with Gasteiger partial charge in [0.15, 0.2) is 0 Å². The summed E-state index contributed by atoms with van der Waals surface area (Å²) in [5, 5.41) is 16.9. The smallest absolute Gasteiger partial charge is 0.293 e. The van der Waals surface area contributed by atoms with Gasteiger partial charge >= 0.3 is 0 Å². The number of fused-ring (bicyclic) bond motifs is 2. The Hall–Kier alpha value is -5.38. The maximum absolute atomic E-state index is 14.6. The van der Waals surface area contributed by atoms with E-state index in [-0.39, 0.29) is 35.9 Å². The summed E-state index contributed by atoms with van der Waals surface area (Å²) in [6.07, 6.45) is 4.81. The second-order valence-electron chi connectivity index (χ2n) is 21.4. The van der Waals surface area contributed by atoms with Crippen LogP contribution in [0.3, 0.4) is 0 Å². The third-order valence-corrected chi connectivity index (χ3v) is 17.4. The van der Waals surface area contributed by atoms with E-state index in [2.05, 4.69) is 65.5 Å². The highest BCUT2D eigenvalue weighted by Gasteiger charge is 2.32. The molecule has 73 heavy (non-hydrogen) atoms. The predicted octanol–water partition coefficient (Wildman–Crippen LogP) is 9.31. The number of rotatable bonds is 17. The number of carbonyl (C=O) groups excluding carboxylic acids is 1. The van der Waals surface area contributed by atoms with Crippen molar-refractivity contribution in [1.29, 1.82) is 0 Å². The number of nitro benzene ring substituents is 1. The van der Waals surface area contributed by atoms with Gasteiger partial charge in [-0.2, -0.15) is 0 Å². The van der Waals surface area contributed by atoms with E-state index in [4.69, 9.17) is 35.5 Å². The molecule has 2 fully saturated rings. The van der Waals surface area contributed by atoms with Crippen molar-refractivity contribution in [2.24, 2.45) is 5.41 Å². The van der Waals surface area contributed by atoms with E-state index in [9.17, 15) is 23.3 Å². The molecule has 0 radical (unpaired) electrons. The summed E-state index contributed by atoms with van der Waals surface area (Å²) < 4.78 is 55.7. The fourth-order valence-electron chi connectivity index (χ4n) is 9.94. The fourth-order valence-corrected chi connectivity index (χ4v) is 11.8. The number of pyridine rings is 1. The number of nitro groups is 1. The third-order valence-electron chi connectivity index (χ3n) is 14.2. The first-order valence-corrected chi connectivity index (χ1v) is 30.8. The van der Waals surface area contributed by atoms with E-state index in [0.29, 0.717) is 57.7 Å². The standard InChI is InChI=1S/C53H67ClN8O9SSi/c1-53(2)16-14-39(45(31-53)37-6-8-40(54)9-7-37)33-58-18-20-59(21-19-58)41-10-12-44(52(63)57-72(66,67)43-11-13-46(50(30-43)62(64)65)55-32-42-34-69-24-25-71-42)48(29-41)61-22-23-68-35-47-49(61)28-38-15-17-60(51(38)56-47)36-70-26-27-73(3,4)5/h6-13,15,17,28-30,42,55H,14,16,18-27,31-36H2,1-5H3,(H,57,63)/t42-/m0/s1. The van der Waals surface area contributed by atoms with Crippen LogP contribution in [0.4, 0.5) is 28.4 Å². The highest BCUT2D eigenvalue weighted by molar-refractivity contribution is 7.90. The van der Waals surface area contributed by atoms with Gasteiger partial charge in [0.1, 0.15) is 18.1 Å². The number of nitrogens with one attached hydrogen (secondary N) is 2. The Morgan fingerprint density at radius 2 is 1.75 bits per heavy atom. The number of hydrogen-bond donors (Lipinski definition) is 2. The maximum Gasteiger partial charge on any atom is 0.293 e. The van der Waals surface area contributed by atoms with Gasteiger partial charge in [-0.15, -0.1) is 0 Å². The molecule has 3 aromatic carbocycles. The summed E-state index contributed by atoms with van der Waals surface area (Å²) in [7, 11) is -5.91. The first-order valence-electron chi connectivity index (χ1n) is 25.2. The number of ether oxygens (including phenoxy) is 4. The van der Waals surface area contributed by atoms with Crippen LogP contribution in [0.1, 0.15) is 54.7 Å². The molecule has 2 N–H and O–H groups in total. The van der Waals surface area contributed by atoms with Gasteiger partial charge in [-0.25, -0.2) is 18.1 Å². The average Bonchev–Trinajstić information content (AvgIpc) is 3.63. The van der Waals surface area contributed by atoms with Crippen molar-refractivity contribution in [2.45, 2.75) is 83.1 Å². The molecule has 2 saturated heterocycles. The normalized spacial score (nSPS) is 18.9. The number of anilines is 4. The molecule has 2 aromatic heterocycles. The summed E-state index contributed by atoms with van der Waals surface area (Å²) >= 11 is 6.30. The molecular weight excluding hydrogens is 988 g/mol. The zero-order valence-electron chi connectivity index (χ0n) is 42.5. The van der Waals surface area contributed by atoms with Crippen LogP contribution in [0.15, 0.2) is 89.5 Å². The van der Waals surface area contributed by atoms with Gasteiger partial charge in [-0.1, -0.05) is 62.8 Å². The van der Waals surface area contributed by atoms with E-state index in [1.54, 1.807) is 6.07 Å². The van der Waals surface area contributed by atoms with Gasteiger partial charge in [0.05, 0.1) is 71.6 Å². The largest absolute Gasteiger partial charge is 0.377 e. The summed E-state index contributed by atoms with van der Waals surface area (Å²) in [6.45, 7) is 18.9. The average molecular weight is 1060 g/mol. The molecule has 5 heterocycles. The number of hydrogen-bond acceptors (Lipinski definition) is 14. The summed E-state index contributed by atoms with van der Waals surface area (Å²) in [5.74, 6) is -0.895. The van der Waals surface area contributed by atoms with Gasteiger partial charge in [0.2, 0.25) is 0 Å². The van der Waals surface area contributed by atoms with Crippen molar-refractivity contribution in [1.82, 2.24) is 19.2 Å². The van der Waals surface area contributed by atoms with Crippen LogP contribution in [0.25, 0.3) is 16.6 Å². The maximum atomic E-state index is 14.6. The van der Waals surface area contributed by atoms with Crippen LogP contribution in [0, 0.1) is 15.5 Å². The van der Waals surface area contributed by atoms with Gasteiger partial charge < -0.3 is 38.6 Å². The monoisotopic (exact) mass is 1050 g/mol. The molecule has 5 aromatic rings. The summed E-state index contributed by atoms with van der Waals surface area (Å²) in [5.41, 5.74) is 7.53. The second kappa shape index (κ2) is 22.2. The molecular formula is C53H67ClN8O9SSi. The number of halogens is 1. The quantitative estimate of drug-likeness (QED) is 0.0389. The number of amides is 1. The Labute approximate surface area is 434 Å². The number of piperazine rings is 1. The third kappa shape index (κ3) is 12.8. The lowest BCUT2D eigenvalue weighted by Crippen LogP contribution is -2.47. The Kier molecular flexibility index (Phi) is 16.0. The number of benzene rings is 3. The highest BCUT2D eigenvalue weighted by atomic mass is 35.5. The van der Waals surface area contributed by atoms with Gasteiger partial charge in [0.25, 0.3) is 21.6 Å². The molecule has 4 aliphatic rings. The minimum absolute atomic E-state index is 0.0941. The molecule has 1 amide bonds.